The van der Waals surface area contributed by atoms with Crippen LogP contribution in [0.1, 0.15) is 24.3 Å². The van der Waals surface area contributed by atoms with Crippen LogP contribution in [-0.2, 0) is 4.79 Å². The van der Waals surface area contributed by atoms with Crippen molar-refractivity contribution in [2.24, 2.45) is 5.92 Å². The first-order valence-corrected chi connectivity index (χ1v) is 8.65. The van der Waals surface area contributed by atoms with E-state index in [1.165, 1.54) is 6.07 Å². The lowest BCUT2D eigenvalue weighted by Gasteiger charge is -2.12. The monoisotopic (exact) mass is 361 g/mol. The Labute approximate surface area is 149 Å². The van der Waals surface area contributed by atoms with E-state index in [4.69, 9.17) is 21.1 Å². The number of hydrogen-bond donors (Lipinski definition) is 1. The molecule has 0 bridgehead atoms. The van der Waals surface area contributed by atoms with Gasteiger partial charge in [-0.3, -0.25) is 4.79 Å². The Hall–Kier alpha value is -2.27. The summed E-state index contributed by atoms with van der Waals surface area (Å²) in [5.74, 6) is 0.389. The van der Waals surface area contributed by atoms with Gasteiger partial charge in [0.1, 0.15) is 5.82 Å². The summed E-state index contributed by atoms with van der Waals surface area (Å²) >= 11 is 6.25. The molecule has 1 saturated carbocycles. The Morgan fingerprint density at radius 2 is 1.88 bits per heavy atom. The highest BCUT2D eigenvalue weighted by Gasteiger charge is 2.45. The lowest BCUT2D eigenvalue weighted by atomic mass is 10.1. The zero-order valence-corrected chi connectivity index (χ0v) is 14.2. The van der Waals surface area contributed by atoms with E-state index in [0.717, 1.165) is 6.42 Å². The molecule has 2 aromatic rings. The maximum Gasteiger partial charge on any atom is 0.228 e. The predicted octanol–water partition coefficient (Wildman–Crippen LogP) is 4.38. The Morgan fingerprint density at radius 3 is 2.64 bits per heavy atom. The topological polar surface area (TPSA) is 47.6 Å². The van der Waals surface area contributed by atoms with E-state index in [9.17, 15) is 9.18 Å². The number of halogens is 2. The third-order valence-corrected chi connectivity index (χ3v) is 4.84. The van der Waals surface area contributed by atoms with Crippen molar-refractivity contribution in [3.05, 3.63) is 52.8 Å². The van der Waals surface area contributed by atoms with Crippen LogP contribution in [0.3, 0.4) is 0 Å². The molecule has 1 amide bonds. The van der Waals surface area contributed by atoms with Gasteiger partial charge in [-0.05, 0) is 24.0 Å². The minimum absolute atomic E-state index is 0.0830. The van der Waals surface area contributed by atoms with E-state index < -0.39 is 0 Å². The molecule has 6 heteroatoms. The van der Waals surface area contributed by atoms with Crippen molar-refractivity contribution < 1.29 is 18.7 Å². The number of carbonyl (C=O) groups is 1. The number of nitrogens with one attached hydrogen (secondary N) is 1. The number of hydrogen-bond acceptors (Lipinski definition) is 3. The van der Waals surface area contributed by atoms with Crippen molar-refractivity contribution in [2.45, 2.75) is 18.8 Å². The van der Waals surface area contributed by atoms with Crippen LogP contribution in [0, 0.1) is 11.7 Å². The van der Waals surface area contributed by atoms with Gasteiger partial charge in [-0.2, -0.15) is 0 Å². The van der Waals surface area contributed by atoms with Crippen LogP contribution in [0.2, 0.25) is 5.02 Å². The molecule has 1 fully saturated rings. The van der Waals surface area contributed by atoms with Crippen molar-refractivity contribution in [2.75, 3.05) is 18.5 Å². The lowest BCUT2D eigenvalue weighted by Crippen LogP contribution is -2.15. The van der Waals surface area contributed by atoms with Crippen LogP contribution in [-0.4, -0.2) is 19.1 Å². The second-order valence-corrected chi connectivity index (χ2v) is 6.70. The Bertz CT molecular complexity index is 826. The van der Waals surface area contributed by atoms with Gasteiger partial charge in [-0.15, -0.1) is 0 Å². The highest BCUT2D eigenvalue weighted by Crippen LogP contribution is 2.49. The molecule has 2 aromatic carbocycles. The van der Waals surface area contributed by atoms with E-state index >= 15 is 0 Å². The zero-order valence-electron chi connectivity index (χ0n) is 13.4. The second kappa shape index (κ2) is 6.56. The first-order valence-electron chi connectivity index (χ1n) is 8.28. The molecule has 1 aliphatic heterocycles. The van der Waals surface area contributed by atoms with Gasteiger partial charge < -0.3 is 14.8 Å². The van der Waals surface area contributed by atoms with Gasteiger partial charge in [-0.25, -0.2) is 4.39 Å². The maximum absolute atomic E-state index is 13.9. The van der Waals surface area contributed by atoms with Crippen molar-refractivity contribution in [3.8, 4) is 11.5 Å². The van der Waals surface area contributed by atoms with Crippen LogP contribution >= 0.6 is 11.6 Å². The summed E-state index contributed by atoms with van der Waals surface area (Å²) in [7, 11) is 0. The molecule has 4 nitrogen and oxygen atoms in total. The summed E-state index contributed by atoms with van der Waals surface area (Å²) in [4.78, 5) is 12.5. The molecule has 4 rings (SSSR count). The minimum atomic E-state index is -0.267. The van der Waals surface area contributed by atoms with E-state index in [1.807, 2.05) is 0 Å². The molecule has 1 N–H and O–H groups in total. The van der Waals surface area contributed by atoms with Crippen molar-refractivity contribution in [1.82, 2.24) is 0 Å². The number of anilines is 1. The van der Waals surface area contributed by atoms with Crippen LogP contribution in [0.15, 0.2) is 36.4 Å². The van der Waals surface area contributed by atoms with Crippen LogP contribution in [0.25, 0.3) is 0 Å². The summed E-state index contributed by atoms with van der Waals surface area (Å²) in [6, 6.07) is 9.91. The van der Waals surface area contributed by atoms with Crippen molar-refractivity contribution in [1.29, 1.82) is 0 Å². The Balaban J connectivity index is 1.49. The number of benzene rings is 2. The SMILES string of the molecule is O=C(Nc1cc2c(cc1Cl)OCCCO2)C1CC1c1ccccc1F. The maximum atomic E-state index is 13.9. The summed E-state index contributed by atoms with van der Waals surface area (Å²) in [5.41, 5.74) is 1.07. The summed E-state index contributed by atoms with van der Waals surface area (Å²) in [6.45, 7) is 1.13. The largest absolute Gasteiger partial charge is 0.490 e. The highest BCUT2D eigenvalue weighted by molar-refractivity contribution is 6.34. The molecule has 1 heterocycles. The molecule has 1 aliphatic carbocycles. The van der Waals surface area contributed by atoms with Crippen LogP contribution < -0.4 is 14.8 Å². The normalized spacial score (nSPS) is 21.4. The van der Waals surface area contributed by atoms with E-state index in [-0.39, 0.29) is 23.6 Å². The molecule has 2 unspecified atom stereocenters. The van der Waals surface area contributed by atoms with E-state index in [0.29, 0.717) is 47.4 Å². The summed E-state index contributed by atoms with van der Waals surface area (Å²) in [6.07, 6.45) is 1.43. The van der Waals surface area contributed by atoms with Crippen molar-refractivity contribution in [3.63, 3.8) is 0 Å². The molecule has 130 valence electrons. The van der Waals surface area contributed by atoms with Gasteiger partial charge in [0.15, 0.2) is 11.5 Å². The fourth-order valence-corrected chi connectivity index (χ4v) is 3.31. The van der Waals surface area contributed by atoms with Gasteiger partial charge in [0.25, 0.3) is 0 Å². The Morgan fingerprint density at radius 1 is 1.16 bits per heavy atom. The Kier molecular flexibility index (Phi) is 4.25. The van der Waals surface area contributed by atoms with E-state index in [1.54, 1.807) is 30.3 Å². The van der Waals surface area contributed by atoms with Crippen LogP contribution in [0.4, 0.5) is 10.1 Å². The first-order chi connectivity index (χ1) is 12.1. The van der Waals surface area contributed by atoms with Gasteiger partial charge >= 0.3 is 0 Å². The lowest BCUT2D eigenvalue weighted by molar-refractivity contribution is -0.117. The number of carbonyl (C=O) groups excluding carboxylic acids is 1. The molecular formula is C19H17ClFNO3. The summed E-state index contributed by atoms with van der Waals surface area (Å²) < 4.78 is 25.0. The van der Waals surface area contributed by atoms with Crippen molar-refractivity contribution >= 4 is 23.2 Å². The number of ether oxygens (including phenoxy) is 2. The van der Waals surface area contributed by atoms with Gasteiger partial charge in [-0.1, -0.05) is 29.8 Å². The molecule has 0 radical (unpaired) electrons. The fourth-order valence-electron chi connectivity index (χ4n) is 3.11. The van der Waals surface area contributed by atoms with Gasteiger partial charge in [0.2, 0.25) is 5.91 Å². The average Bonchev–Trinajstić information content (AvgIpc) is 3.40. The molecule has 0 spiro atoms. The average molecular weight is 362 g/mol. The third-order valence-electron chi connectivity index (χ3n) is 4.53. The molecule has 25 heavy (non-hydrogen) atoms. The van der Waals surface area contributed by atoms with E-state index in [2.05, 4.69) is 5.32 Å². The minimum Gasteiger partial charge on any atom is -0.490 e. The summed E-state index contributed by atoms with van der Waals surface area (Å²) in [5, 5.41) is 3.22. The third kappa shape index (κ3) is 3.29. The second-order valence-electron chi connectivity index (χ2n) is 6.29. The quantitative estimate of drug-likeness (QED) is 0.882. The fraction of sp³-hybridized carbons (Fsp3) is 0.316. The molecule has 2 aliphatic rings. The van der Waals surface area contributed by atoms with Gasteiger partial charge in [0, 0.05) is 24.5 Å². The molecule has 0 aromatic heterocycles. The smallest absolute Gasteiger partial charge is 0.228 e. The predicted molar refractivity (Wildman–Crippen MR) is 92.9 cm³/mol. The number of fused-ring (bicyclic) bond motifs is 1. The first kappa shape index (κ1) is 16.2. The molecular weight excluding hydrogens is 345 g/mol. The van der Waals surface area contributed by atoms with Gasteiger partial charge in [0.05, 0.1) is 23.9 Å². The number of amides is 1. The molecule has 2 atom stereocenters. The number of rotatable bonds is 3. The molecule has 0 saturated heterocycles. The zero-order chi connectivity index (χ0) is 17.4. The highest BCUT2D eigenvalue weighted by atomic mass is 35.5. The standard InChI is InChI=1S/C19H17ClFNO3/c20-14-9-17-18(25-7-3-6-24-17)10-16(14)22-19(23)13-8-12(13)11-4-1-2-5-15(11)21/h1-2,4-5,9-10,12-13H,3,6-8H2,(H,22,23). The van der Waals surface area contributed by atoms with Crippen LogP contribution in [0.5, 0.6) is 11.5 Å².